The highest BCUT2D eigenvalue weighted by molar-refractivity contribution is 5.74. The highest BCUT2D eigenvalue weighted by atomic mass is 16.5. The van der Waals surface area contributed by atoms with E-state index in [9.17, 15) is 9.90 Å². The molecule has 0 fully saturated rings. The molecule has 0 radical (unpaired) electrons. The molecule has 7 nitrogen and oxygen atoms in total. The van der Waals surface area contributed by atoms with Crippen LogP contribution in [-0.2, 0) is 27.4 Å². The Labute approximate surface area is 106 Å². The molecule has 1 aromatic rings. The summed E-state index contributed by atoms with van der Waals surface area (Å²) >= 11 is 0. The lowest BCUT2D eigenvalue weighted by Gasteiger charge is -2.08. The minimum absolute atomic E-state index is 0.0213. The summed E-state index contributed by atoms with van der Waals surface area (Å²) in [5, 5.41) is 17.2. The summed E-state index contributed by atoms with van der Waals surface area (Å²) in [6, 6.07) is 0. The molecular formula is C11H19N3O4. The Morgan fingerprint density at radius 2 is 2.28 bits per heavy atom. The number of hydrogen-bond donors (Lipinski definition) is 1. The maximum absolute atomic E-state index is 11.2. The van der Waals surface area contributed by atoms with E-state index in [4.69, 9.17) is 4.74 Å². The van der Waals surface area contributed by atoms with Crippen LogP contribution in [0.5, 0.6) is 0 Å². The minimum atomic E-state index is -1.23. The van der Waals surface area contributed by atoms with Crippen LogP contribution in [0.4, 0.5) is 0 Å². The Morgan fingerprint density at radius 1 is 1.56 bits per heavy atom. The number of hydrogen-bond acceptors (Lipinski definition) is 6. The SMILES string of the molecule is CCOC(=O)C(O)Cn1cc(COC(C)C)nn1. The van der Waals surface area contributed by atoms with Gasteiger partial charge >= 0.3 is 5.97 Å². The molecule has 0 saturated carbocycles. The van der Waals surface area contributed by atoms with Gasteiger partial charge in [0.15, 0.2) is 6.10 Å². The van der Waals surface area contributed by atoms with E-state index >= 15 is 0 Å². The quantitative estimate of drug-likeness (QED) is 0.698. The highest BCUT2D eigenvalue weighted by Crippen LogP contribution is 2.01. The molecule has 102 valence electrons. The van der Waals surface area contributed by atoms with Crippen LogP contribution in [0.25, 0.3) is 0 Å². The van der Waals surface area contributed by atoms with Crippen LogP contribution in [0.1, 0.15) is 26.5 Å². The number of esters is 1. The van der Waals surface area contributed by atoms with Crippen LogP contribution in [0.2, 0.25) is 0 Å². The van der Waals surface area contributed by atoms with Gasteiger partial charge in [-0.15, -0.1) is 5.10 Å². The largest absolute Gasteiger partial charge is 0.464 e. The molecular weight excluding hydrogens is 238 g/mol. The number of aliphatic hydroxyl groups excluding tert-OH is 1. The van der Waals surface area contributed by atoms with Gasteiger partial charge in [-0.05, 0) is 20.8 Å². The third-order valence-corrected chi connectivity index (χ3v) is 2.07. The van der Waals surface area contributed by atoms with Crippen LogP contribution in [0, 0.1) is 0 Å². The Bertz CT molecular complexity index is 378. The molecule has 0 amide bonds. The fourth-order valence-electron chi connectivity index (χ4n) is 1.24. The number of ether oxygens (including phenoxy) is 2. The predicted octanol–water partition coefficient (Wildman–Crippen LogP) is 0.127. The zero-order valence-electron chi connectivity index (χ0n) is 10.9. The standard InChI is InChI=1S/C11H19N3O4/c1-4-17-11(16)10(15)6-14-5-9(12-13-14)7-18-8(2)3/h5,8,10,15H,4,6-7H2,1-3H3. The lowest BCUT2D eigenvalue weighted by Crippen LogP contribution is -2.28. The van der Waals surface area contributed by atoms with Crippen molar-refractivity contribution in [1.82, 2.24) is 15.0 Å². The first-order chi connectivity index (χ1) is 8.52. The van der Waals surface area contributed by atoms with Crippen LogP contribution >= 0.6 is 0 Å². The summed E-state index contributed by atoms with van der Waals surface area (Å²) < 4.78 is 11.4. The number of carbonyl (C=O) groups excluding carboxylic acids is 1. The Hall–Kier alpha value is -1.47. The first-order valence-corrected chi connectivity index (χ1v) is 5.88. The molecule has 18 heavy (non-hydrogen) atoms. The number of aromatic nitrogens is 3. The van der Waals surface area contributed by atoms with Crippen molar-refractivity contribution in [3.8, 4) is 0 Å². The van der Waals surface area contributed by atoms with Gasteiger partial charge in [-0.3, -0.25) is 0 Å². The third-order valence-electron chi connectivity index (χ3n) is 2.07. The van der Waals surface area contributed by atoms with Crippen molar-refractivity contribution in [2.75, 3.05) is 6.61 Å². The van der Waals surface area contributed by atoms with Crippen molar-refractivity contribution in [2.24, 2.45) is 0 Å². The first kappa shape index (κ1) is 14.6. The first-order valence-electron chi connectivity index (χ1n) is 5.88. The van der Waals surface area contributed by atoms with Crippen molar-refractivity contribution < 1.29 is 19.4 Å². The van der Waals surface area contributed by atoms with Crippen LogP contribution < -0.4 is 0 Å². The van der Waals surface area contributed by atoms with Gasteiger partial charge in [-0.2, -0.15) is 0 Å². The van der Waals surface area contributed by atoms with Gasteiger partial charge in [0.25, 0.3) is 0 Å². The molecule has 0 aliphatic carbocycles. The smallest absolute Gasteiger partial charge is 0.336 e. The van der Waals surface area contributed by atoms with Crippen LogP contribution in [0.15, 0.2) is 6.20 Å². The monoisotopic (exact) mass is 257 g/mol. The normalized spacial score (nSPS) is 12.7. The molecule has 0 spiro atoms. The molecule has 1 atom stereocenters. The average molecular weight is 257 g/mol. The van der Waals surface area contributed by atoms with Crippen molar-refractivity contribution in [1.29, 1.82) is 0 Å². The maximum atomic E-state index is 11.2. The van der Waals surface area contributed by atoms with Crippen LogP contribution in [-0.4, -0.2) is 44.9 Å². The van der Waals surface area contributed by atoms with E-state index < -0.39 is 12.1 Å². The van der Waals surface area contributed by atoms with Crippen LogP contribution in [0.3, 0.4) is 0 Å². The van der Waals surface area contributed by atoms with Gasteiger partial charge in [0.05, 0.1) is 32.1 Å². The zero-order chi connectivity index (χ0) is 13.5. The molecule has 0 aliphatic heterocycles. The number of carbonyl (C=O) groups is 1. The summed E-state index contributed by atoms with van der Waals surface area (Å²) in [6.07, 6.45) is 0.510. The summed E-state index contributed by atoms with van der Waals surface area (Å²) in [4.78, 5) is 11.2. The summed E-state index contributed by atoms with van der Waals surface area (Å²) in [7, 11) is 0. The molecule has 0 saturated heterocycles. The average Bonchev–Trinajstić information content (AvgIpc) is 2.74. The molecule has 1 N–H and O–H groups in total. The maximum Gasteiger partial charge on any atom is 0.336 e. The van der Waals surface area contributed by atoms with Gasteiger partial charge in [-0.1, -0.05) is 5.21 Å². The topological polar surface area (TPSA) is 86.5 Å². The lowest BCUT2D eigenvalue weighted by molar-refractivity contribution is -0.153. The van der Waals surface area contributed by atoms with Gasteiger partial charge in [-0.25, -0.2) is 9.48 Å². The van der Waals surface area contributed by atoms with Gasteiger partial charge in [0, 0.05) is 0 Å². The minimum Gasteiger partial charge on any atom is -0.464 e. The highest BCUT2D eigenvalue weighted by Gasteiger charge is 2.17. The second-order valence-corrected chi connectivity index (χ2v) is 4.06. The third kappa shape index (κ3) is 4.80. The number of nitrogens with zero attached hydrogens (tertiary/aromatic N) is 3. The predicted molar refractivity (Wildman–Crippen MR) is 62.6 cm³/mol. The molecule has 0 aliphatic rings. The second kappa shape index (κ2) is 7.07. The zero-order valence-corrected chi connectivity index (χ0v) is 10.9. The summed E-state index contributed by atoms with van der Waals surface area (Å²) in [5.41, 5.74) is 0.653. The number of rotatable bonds is 7. The van der Waals surface area contributed by atoms with Crippen molar-refractivity contribution in [3.63, 3.8) is 0 Å². The van der Waals surface area contributed by atoms with E-state index in [0.717, 1.165) is 0 Å². The molecule has 1 heterocycles. The van der Waals surface area contributed by atoms with Gasteiger partial charge in [0.2, 0.25) is 0 Å². The van der Waals surface area contributed by atoms with E-state index in [1.807, 2.05) is 13.8 Å². The fourth-order valence-corrected chi connectivity index (χ4v) is 1.24. The summed E-state index contributed by atoms with van der Waals surface area (Å²) in [5.74, 6) is -0.659. The van der Waals surface area contributed by atoms with Gasteiger partial charge in [0.1, 0.15) is 5.69 Å². The fraction of sp³-hybridized carbons (Fsp3) is 0.727. The van der Waals surface area contributed by atoms with Crippen molar-refractivity contribution in [2.45, 2.75) is 46.1 Å². The Balaban J connectivity index is 2.45. The molecule has 1 aromatic heterocycles. The molecule has 0 bridgehead atoms. The lowest BCUT2D eigenvalue weighted by atomic mass is 10.3. The van der Waals surface area contributed by atoms with E-state index in [-0.39, 0.29) is 19.3 Å². The van der Waals surface area contributed by atoms with Crippen molar-refractivity contribution >= 4 is 5.97 Å². The molecule has 7 heteroatoms. The summed E-state index contributed by atoms with van der Waals surface area (Å²) in [6.45, 7) is 6.15. The van der Waals surface area contributed by atoms with E-state index in [0.29, 0.717) is 12.3 Å². The Kier molecular flexibility index (Phi) is 5.73. The van der Waals surface area contributed by atoms with E-state index in [2.05, 4.69) is 15.0 Å². The van der Waals surface area contributed by atoms with Crippen molar-refractivity contribution in [3.05, 3.63) is 11.9 Å². The van der Waals surface area contributed by atoms with E-state index in [1.54, 1.807) is 13.1 Å². The molecule has 1 rings (SSSR count). The van der Waals surface area contributed by atoms with E-state index in [1.165, 1.54) is 4.68 Å². The van der Waals surface area contributed by atoms with Gasteiger partial charge < -0.3 is 14.6 Å². The number of aliphatic hydroxyl groups is 1. The Morgan fingerprint density at radius 3 is 2.89 bits per heavy atom. The second-order valence-electron chi connectivity index (χ2n) is 4.06. The molecule has 0 aromatic carbocycles. The molecule has 1 unspecified atom stereocenters.